The number of pyridine rings is 1. The number of hydrogen-bond acceptors (Lipinski definition) is 6. The van der Waals surface area contributed by atoms with Gasteiger partial charge in [-0.25, -0.2) is 9.78 Å². The molecule has 0 atom stereocenters. The van der Waals surface area contributed by atoms with E-state index in [1.54, 1.807) is 0 Å². The van der Waals surface area contributed by atoms with Gasteiger partial charge < -0.3 is 16.2 Å². The molecule has 4 N–H and O–H groups in total. The minimum atomic E-state index is -1.46. The zero-order valence-electron chi connectivity index (χ0n) is 10.2. The molecule has 0 spiro atoms. The minimum Gasteiger partial charge on any atom is -0.477 e. The van der Waals surface area contributed by atoms with Crippen molar-refractivity contribution in [1.29, 1.82) is 0 Å². The molecule has 9 heteroatoms. The summed E-state index contributed by atoms with van der Waals surface area (Å²) in [5, 5.41) is 22.1. The van der Waals surface area contributed by atoms with E-state index >= 15 is 0 Å². The number of aromatic carboxylic acids is 1. The Kier molecular flexibility index (Phi) is 3.69. The zero-order chi connectivity index (χ0) is 14.8. The predicted molar refractivity (Wildman–Crippen MR) is 64.7 cm³/mol. The zero-order valence-corrected chi connectivity index (χ0v) is 10.2. The summed E-state index contributed by atoms with van der Waals surface area (Å²) in [6.45, 7) is 2.94. The van der Waals surface area contributed by atoms with E-state index in [-0.39, 0.29) is 5.82 Å². The maximum absolute atomic E-state index is 11.1. The SMILES string of the molecule is CC(C)(Nc1cc(C(=O)O)c([N+](=O)[O-])cn1)C(N)=O. The summed E-state index contributed by atoms with van der Waals surface area (Å²) in [6, 6.07) is 0.977. The fourth-order valence-electron chi connectivity index (χ4n) is 1.22. The number of carboxylic acids is 1. The lowest BCUT2D eigenvalue weighted by Crippen LogP contribution is -2.45. The van der Waals surface area contributed by atoms with Crippen molar-refractivity contribution in [1.82, 2.24) is 4.98 Å². The van der Waals surface area contributed by atoms with Gasteiger partial charge in [-0.3, -0.25) is 14.9 Å². The fraction of sp³-hybridized carbons (Fsp3) is 0.300. The summed E-state index contributed by atoms with van der Waals surface area (Å²) >= 11 is 0. The molecule has 0 radical (unpaired) electrons. The number of nitrogens with one attached hydrogen (secondary N) is 1. The van der Waals surface area contributed by atoms with Crippen LogP contribution in [-0.2, 0) is 4.79 Å². The van der Waals surface area contributed by atoms with Crippen molar-refractivity contribution in [3.8, 4) is 0 Å². The normalized spacial score (nSPS) is 10.8. The highest BCUT2D eigenvalue weighted by atomic mass is 16.6. The number of rotatable bonds is 5. The first-order chi connectivity index (χ1) is 8.65. The van der Waals surface area contributed by atoms with Crippen molar-refractivity contribution in [3.63, 3.8) is 0 Å². The van der Waals surface area contributed by atoms with Crippen molar-refractivity contribution < 1.29 is 19.6 Å². The fourth-order valence-corrected chi connectivity index (χ4v) is 1.22. The highest BCUT2D eigenvalue weighted by Gasteiger charge is 2.27. The second-order valence-corrected chi connectivity index (χ2v) is 4.26. The average molecular weight is 268 g/mol. The summed E-state index contributed by atoms with van der Waals surface area (Å²) in [6.07, 6.45) is 0.808. The molecule has 0 fully saturated rings. The summed E-state index contributed by atoms with van der Waals surface area (Å²) in [4.78, 5) is 35.5. The highest BCUT2D eigenvalue weighted by Crippen LogP contribution is 2.22. The Labute approximate surface area is 107 Å². The number of hydrogen-bond donors (Lipinski definition) is 3. The van der Waals surface area contributed by atoms with Gasteiger partial charge in [0.1, 0.15) is 23.1 Å². The van der Waals surface area contributed by atoms with Gasteiger partial charge in [0.15, 0.2) is 0 Å². The maximum Gasteiger partial charge on any atom is 0.342 e. The number of nitrogens with two attached hydrogens (primary N) is 1. The molecule has 0 saturated carbocycles. The molecule has 1 rings (SSSR count). The standard InChI is InChI=1S/C10H12N4O5/c1-10(2,9(11)17)13-7-3-5(8(15)16)6(4-12-7)14(18)19/h3-4H,1-2H3,(H2,11,17)(H,12,13)(H,15,16). The van der Waals surface area contributed by atoms with Crippen LogP contribution in [0.5, 0.6) is 0 Å². The van der Waals surface area contributed by atoms with Crippen LogP contribution < -0.4 is 11.1 Å². The third-order valence-corrected chi connectivity index (χ3v) is 2.37. The van der Waals surface area contributed by atoms with E-state index in [2.05, 4.69) is 10.3 Å². The molecule has 1 aromatic heterocycles. The molecule has 0 aliphatic carbocycles. The second-order valence-electron chi connectivity index (χ2n) is 4.26. The van der Waals surface area contributed by atoms with Gasteiger partial charge in [-0.15, -0.1) is 0 Å². The quantitative estimate of drug-likeness (QED) is 0.515. The van der Waals surface area contributed by atoms with Gasteiger partial charge in [-0.2, -0.15) is 0 Å². The van der Waals surface area contributed by atoms with E-state index in [9.17, 15) is 19.7 Å². The molecule has 0 saturated heterocycles. The van der Waals surface area contributed by atoms with Crippen molar-refractivity contribution >= 4 is 23.4 Å². The summed E-state index contributed by atoms with van der Waals surface area (Å²) in [5.74, 6) is -2.13. The number of nitro groups is 1. The lowest BCUT2D eigenvalue weighted by atomic mass is 10.1. The lowest BCUT2D eigenvalue weighted by molar-refractivity contribution is -0.385. The molecule has 0 aliphatic rings. The van der Waals surface area contributed by atoms with Gasteiger partial charge in [0.05, 0.1) is 4.92 Å². The third-order valence-electron chi connectivity index (χ3n) is 2.37. The second kappa shape index (κ2) is 4.88. The van der Waals surface area contributed by atoms with Crippen LogP contribution in [0, 0.1) is 10.1 Å². The molecule has 102 valence electrons. The van der Waals surface area contributed by atoms with Gasteiger partial charge in [0.25, 0.3) is 0 Å². The third kappa shape index (κ3) is 3.15. The number of nitrogens with zero attached hydrogens (tertiary/aromatic N) is 2. The van der Waals surface area contributed by atoms with E-state index in [0.717, 1.165) is 12.3 Å². The maximum atomic E-state index is 11.1. The first-order valence-electron chi connectivity index (χ1n) is 5.11. The summed E-state index contributed by atoms with van der Waals surface area (Å²) in [5.41, 5.74) is 2.82. The number of carboxylic acid groups (broad SMARTS) is 1. The minimum absolute atomic E-state index is 0.00630. The lowest BCUT2D eigenvalue weighted by Gasteiger charge is -2.22. The predicted octanol–water partition coefficient (Wildman–Crippen LogP) is 0.364. The Hall–Kier alpha value is -2.71. The largest absolute Gasteiger partial charge is 0.477 e. The molecule has 1 heterocycles. The topological polar surface area (TPSA) is 148 Å². The Morgan fingerprint density at radius 2 is 2.11 bits per heavy atom. The number of carbonyl (C=O) groups is 2. The van der Waals surface area contributed by atoms with Crippen LogP contribution in [0.4, 0.5) is 11.5 Å². The van der Waals surface area contributed by atoms with Crippen LogP contribution >= 0.6 is 0 Å². The summed E-state index contributed by atoms with van der Waals surface area (Å²) in [7, 11) is 0. The molecule has 0 aliphatic heterocycles. The van der Waals surface area contributed by atoms with Crippen molar-refractivity contribution in [2.24, 2.45) is 5.73 Å². The summed E-state index contributed by atoms with van der Waals surface area (Å²) < 4.78 is 0. The Morgan fingerprint density at radius 1 is 1.53 bits per heavy atom. The number of aromatic nitrogens is 1. The molecule has 19 heavy (non-hydrogen) atoms. The highest BCUT2D eigenvalue weighted by molar-refractivity contribution is 5.93. The Balaban J connectivity index is 3.20. The van der Waals surface area contributed by atoms with Crippen LogP contribution in [0.3, 0.4) is 0 Å². The molecule has 1 amide bonds. The first kappa shape index (κ1) is 14.4. The molecule has 0 bridgehead atoms. The number of anilines is 1. The first-order valence-corrected chi connectivity index (χ1v) is 5.11. The van der Waals surface area contributed by atoms with E-state index < -0.39 is 33.6 Å². The number of amides is 1. The monoisotopic (exact) mass is 268 g/mol. The van der Waals surface area contributed by atoms with E-state index in [0.29, 0.717) is 0 Å². The smallest absolute Gasteiger partial charge is 0.342 e. The van der Waals surface area contributed by atoms with Crippen molar-refractivity contribution in [2.75, 3.05) is 5.32 Å². The van der Waals surface area contributed by atoms with Gasteiger partial charge in [-0.1, -0.05) is 0 Å². The van der Waals surface area contributed by atoms with Crippen LogP contribution in [-0.4, -0.2) is 32.4 Å². The number of carbonyl (C=O) groups excluding carboxylic acids is 1. The van der Waals surface area contributed by atoms with E-state index in [1.165, 1.54) is 13.8 Å². The van der Waals surface area contributed by atoms with Gasteiger partial charge in [0.2, 0.25) is 5.91 Å². The van der Waals surface area contributed by atoms with Crippen molar-refractivity contribution in [2.45, 2.75) is 19.4 Å². The van der Waals surface area contributed by atoms with Crippen LogP contribution in [0.1, 0.15) is 24.2 Å². The molecule has 0 unspecified atom stereocenters. The van der Waals surface area contributed by atoms with E-state index in [1.807, 2.05) is 0 Å². The van der Waals surface area contributed by atoms with E-state index in [4.69, 9.17) is 10.8 Å². The van der Waals surface area contributed by atoms with Crippen LogP contribution in [0.15, 0.2) is 12.3 Å². The average Bonchev–Trinajstić information content (AvgIpc) is 2.27. The van der Waals surface area contributed by atoms with Gasteiger partial charge >= 0.3 is 11.7 Å². The van der Waals surface area contributed by atoms with Crippen LogP contribution in [0.25, 0.3) is 0 Å². The van der Waals surface area contributed by atoms with Gasteiger partial charge in [-0.05, 0) is 13.8 Å². The number of primary amides is 1. The Morgan fingerprint density at radius 3 is 2.53 bits per heavy atom. The Bertz CT molecular complexity index is 555. The van der Waals surface area contributed by atoms with Crippen LogP contribution in [0.2, 0.25) is 0 Å². The van der Waals surface area contributed by atoms with Crippen molar-refractivity contribution in [3.05, 3.63) is 27.9 Å². The molecular weight excluding hydrogens is 256 g/mol. The molecular formula is C10H12N4O5. The molecule has 0 aromatic carbocycles. The molecule has 9 nitrogen and oxygen atoms in total. The van der Waals surface area contributed by atoms with Gasteiger partial charge in [0, 0.05) is 6.07 Å². The molecule has 1 aromatic rings.